The molecule has 1 aliphatic rings. The average Bonchev–Trinajstić information content (AvgIpc) is 2.75. The van der Waals surface area contributed by atoms with Crippen LogP contribution in [0.5, 0.6) is 0 Å². The summed E-state index contributed by atoms with van der Waals surface area (Å²) >= 11 is 0. The Hall–Kier alpha value is -2.30. The lowest BCUT2D eigenvalue weighted by Gasteiger charge is -2.28. The van der Waals surface area contributed by atoms with Crippen LogP contribution in [0, 0.1) is 5.92 Å². The van der Waals surface area contributed by atoms with Crippen molar-refractivity contribution in [1.29, 1.82) is 0 Å². The predicted molar refractivity (Wildman–Crippen MR) is 111 cm³/mol. The van der Waals surface area contributed by atoms with Crippen molar-refractivity contribution < 1.29 is 31.6 Å². The van der Waals surface area contributed by atoms with Crippen molar-refractivity contribution in [2.24, 2.45) is 5.92 Å². The zero-order chi connectivity index (χ0) is 19.6. The number of rotatable bonds is 8. The number of esters is 1. The summed E-state index contributed by atoms with van der Waals surface area (Å²) in [5.41, 5.74) is 3.36. The van der Waals surface area contributed by atoms with E-state index in [-0.39, 0.29) is 24.3 Å². The molecule has 1 fully saturated rings. The van der Waals surface area contributed by atoms with E-state index in [4.69, 9.17) is 9.47 Å². The van der Waals surface area contributed by atoms with Gasteiger partial charge in [-0.25, -0.2) is 0 Å². The first-order valence-electron chi connectivity index (χ1n) is 10.2. The van der Waals surface area contributed by atoms with Crippen LogP contribution in [0.25, 0.3) is 5.57 Å². The Kier molecular flexibility index (Phi) is 9.75. The molecule has 1 unspecified atom stereocenters. The van der Waals surface area contributed by atoms with Gasteiger partial charge in [-0.15, -0.1) is 0 Å². The summed E-state index contributed by atoms with van der Waals surface area (Å²) in [6.07, 6.45) is 3.88. The Labute approximate surface area is 179 Å². The van der Waals surface area contributed by atoms with Gasteiger partial charge in [-0.2, -0.15) is 0 Å². The van der Waals surface area contributed by atoms with Crippen LogP contribution in [0.1, 0.15) is 30.9 Å². The maximum atomic E-state index is 12.0. The predicted octanol–water partition coefficient (Wildman–Crippen LogP) is -0.0456. The number of piperidine rings is 1. The van der Waals surface area contributed by atoms with Crippen LogP contribution in [-0.2, 0) is 14.3 Å². The molecule has 156 valence electrons. The van der Waals surface area contributed by atoms with Crippen molar-refractivity contribution in [2.75, 3.05) is 32.8 Å². The van der Waals surface area contributed by atoms with Crippen molar-refractivity contribution in [3.63, 3.8) is 0 Å². The molecule has 0 aromatic heterocycles. The lowest BCUT2D eigenvalue weighted by atomic mass is 9.98. The third-order valence-electron chi connectivity index (χ3n) is 5.18. The molecule has 2 atom stereocenters. The molecule has 1 aliphatic heterocycles. The number of carbonyl (C=O) groups is 1. The largest absolute Gasteiger partial charge is 1.00 e. The number of benzene rings is 2. The number of hydrogen-bond acceptors (Lipinski definition) is 3. The highest BCUT2D eigenvalue weighted by Crippen LogP contribution is 2.23. The summed E-state index contributed by atoms with van der Waals surface area (Å²) in [6.45, 7) is 5.78. The van der Waals surface area contributed by atoms with E-state index < -0.39 is 0 Å². The minimum absolute atomic E-state index is 0. The molecule has 2 aromatic carbocycles. The first-order chi connectivity index (χ1) is 13.8. The van der Waals surface area contributed by atoms with Gasteiger partial charge < -0.3 is 26.8 Å². The molecule has 0 amide bonds. The van der Waals surface area contributed by atoms with Crippen LogP contribution < -0.4 is 17.3 Å². The summed E-state index contributed by atoms with van der Waals surface area (Å²) < 4.78 is 11.1. The Balaban J connectivity index is 0.00000300. The lowest BCUT2D eigenvalue weighted by Crippen LogP contribution is -3.14. The zero-order valence-corrected chi connectivity index (χ0v) is 17.7. The van der Waals surface area contributed by atoms with Gasteiger partial charge in [0.15, 0.2) is 0 Å². The minimum Gasteiger partial charge on any atom is -1.00 e. The van der Waals surface area contributed by atoms with Crippen LogP contribution >= 0.6 is 0 Å². The minimum atomic E-state index is -0.0454. The SMILES string of the molecule is CCOC(=O)[C@@H]1CCC[NH+](CCOC=C(c2ccccc2)c2ccccc2)C1.[Cl-]. The number of hydrogen-bond donors (Lipinski definition) is 1. The van der Waals surface area contributed by atoms with Gasteiger partial charge in [-0.3, -0.25) is 4.79 Å². The molecule has 3 rings (SSSR count). The average molecular weight is 416 g/mol. The molecule has 5 heteroatoms. The van der Waals surface area contributed by atoms with Crippen molar-refractivity contribution in [3.8, 4) is 0 Å². The Morgan fingerprint density at radius 2 is 1.69 bits per heavy atom. The van der Waals surface area contributed by atoms with Crippen LogP contribution in [0.2, 0.25) is 0 Å². The summed E-state index contributed by atoms with van der Waals surface area (Å²) in [5.74, 6) is -0.0144. The summed E-state index contributed by atoms with van der Waals surface area (Å²) in [6, 6.07) is 20.6. The molecule has 0 spiro atoms. The molecule has 1 heterocycles. The quantitative estimate of drug-likeness (QED) is 0.373. The highest BCUT2D eigenvalue weighted by atomic mass is 35.5. The summed E-state index contributed by atoms with van der Waals surface area (Å²) in [4.78, 5) is 13.4. The van der Waals surface area contributed by atoms with Crippen molar-refractivity contribution in [2.45, 2.75) is 19.8 Å². The Bertz CT molecular complexity index is 723. The number of carbonyl (C=O) groups excluding carboxylic acids is 1. The topological polar surface area (TPSA) is 40.0 Å². The van der Waals surface area contributed by atoms with E-state index in [2.05, 4.69) is 24.3 Å². The fraction of sp³-hybridized carbons (Fsp3) is 0.375. The third-order valence-corrected chi connectivity index (χ3v) is 5.18. The van der Waals surface area contributed by atoms with Crippen molar-refractivity contribution in [3.05, 3.63) is 78.1 Å². The lowest BCUT2D eigenvalue weighted by molar-refractivity contribution is -0.907. The molecular formula is C24H30ClNO3. The molecule has 2 aromatic rings. The molecular weight excluding hydrogens is 386 g/mol. The first kappa shape index (κ1) is 23.0. The highest BCUT2D eigenvalue weighted by molar-refractivity contribution is 5.79. The molecule has 29 heavy (non-hydrogen) atoms. The van der Waals surface area contributed by atoms with Crippen LogP contribution in [0.15, 0.2) is 66.9 Å². The fourth-order valence-electron chi connectivity index (χ4n) is 3.72. The van der Waals surface area contributed by atoms with E-state index in [1.807, 2.05) is 49.6 Å². The first-order valence-corrected chi connectivity index (χ1v) is 10.2. The Morgan fingerprint density at radius 3 is 2.28 bits per heavy atom. The second kappa shape index (κ2) is 12.3. The van der Waals surface area contributed by atoms with Gasteiger partial charge in [-0.1, -0.05) is 60.7 Å². The van der Waals surface area contributed by atoms with E-state index >= 15 is 0 Å². The fourth-order valence-corrected chi connectivity index (χ4v) is 3.72. The number of halogens is 1. The zero-order valence-electron chi connectivity index (χ0n) is 17.0. The molecule has 0 bridgehead atoms. The molecule has 0 radical (unpaired) electrons. The van der Waals surface area contributed by atoms with Gasteiger partial charge in [0.2, 0.25) is 0 Å². The smallest absolute Gasteiger partial charge is 0.314 e. The summed E-state index contributed by atoms with van der Waals surface area (Å²) in [7, 11) is 0. The number of likely N-dealkylation sites (tertiary alicyclic amines) is 1. The van der Waals surface area contributed by atoms with Crippen LogP contribution in [-0.4, -0.2) is 38.8 Å². The van der Waals surface area contributed by atoms with E-state index in [1.165, 1.54) is 4.90 Å². The van der Waals surface area contributed by atoms with E-state index in [0.717, 1.165) is 49.2 Å². The van der Waals surface area contributed by atoms with Gasteiger partial charge >= 0.3 is 5.97 Å². The maximum Gasteiger partial charge on any atom is 0.314 e. The third kappa shape index (κ3) is 6.91. The van der Waals surface area contributed by atoms with Crippen LogP contribution in [0.4, 0.5) is 0 Å². The Morgan fingerprint density at radius 1 is 1.07 bits per heavy atom. The number of quaternary nitrogens is 1. The highest BCUT2D eigenvalue weighted by Gasteiger charge is 2.29. The van der Waals surface area contributed by atoms with E-state index in [9.17, 15) is 4.79 Å². The van der Waals surface area contributed by atoms with E-state index in [0.29, 0.717) is 13.2 Å². The molecule has 1 N–H and O–H groups in total. The van der Waals surface area contributed by atoms with E-state index in [1.54, 1.807) is 0 Å². The van der Waals surface area contributed by atoms with Gasteiger partial charge in [-0.05, 0) is 30.9 Å². The maximum absolute atomic E-state index is 12.0. The van der Waals surface area contributed by atoms with Crippen molar-refractivity contribution in [1.82, 2.24) is 0 Å². The van der Waals surface area contributed by atoms with Gasteiger partial charge in [0.25, 0.3) is 0 Å². The molecule has 0 aliphatic carbocycles. The second-order valence-electron chi connectivity index (χ2n) is 7.18. The van der Waals surface area contributed by atoms with Gasteiger partial charge in [0.05, 0.1) is 26.0 Å². The number of ether oxygens (including phenoxy) is 2. The molecule has 4 nitrogen and oxygen atoms in total. The summed E-state index contributed by atoms with van der Waals surface area (Å²) in [5, 5.41) is 0. The van der Waals surface area contributed by atoms with Crippen LogP contribution in [0.3, 0.4) is 0 Å². The van der Waals surface area contributed by atoms with Crippen molar-refractivity contribution >= 4 is 11.5 Å². The number of nitrogens with one attached hydrogen (secondary N) is 1. The van der Waals surface area contributed by atoms with Gasteiger partial charge in [0, 0.05) is 5.57 Å². The standard InChI is InChI=1S/C24H29NO3.ClH/c1-2-28-24(26)22-14-9-15-25(18-22)16-17-27-19-23(20-10-5-3-6-11-20)21-12-7-4-8-13-21;/h3-8,10-13,19,22H,2,9,14-18H2,1H3;1H/t22-;/m1./s1. The second-order valence-corrected chi connectivity index (χ2v) is 7.18. The monoisotopic (exact) mass is 415 g/mol. The molecule has 1 saturated heterocycles. The van der Waals surface area contributed by atoms with Gasteiger partial charge in [0.1, 0.15) is 19.1 Å². The normalized spacial score (nSPS) is 18.2. The molecule has 0 saturated carbocycles.